The van der Waals surface area contributed by atoms with Gasteiger partial charge in [-0.25, -0.2) is 0 Å². The summed E-state index contributed by atoms with van der Waals surface area (Å²) in [6.07, 6.45) is 2.68. The molecule has 2 aliphatic carbocycles. The van der Waals surface area contributed by atoms with Gasteiger partial charge in [0.1, 0.15) is 0 Å². The molecule has 0 amide bonds. The number of fused-ring (bicyclic) bond motifs is 8. The molecule has 164 valence electrons. The molecule has 4 heteroatoms. The highest BCUT2D eigenvalue weighted by atomic mass is 35.5. The normalized spacial score (nSPS) is 25.5. The van der Waals surface area contributed by atoms with Gasteiger partial charge in [0.2, 0.25) is 0 Å². The van der Waals surface area contributed by atoms with Crippen LogP contribution in [0.1, 0.15) is 59.1 Å². The van der Waals surface area contributed by atoms with Gasteiger partial charge in [-0.1, -0.05) is 77.8 Å². The highest BCUT2D eigenvalue weighted by molar-refractivity contribution is 6.42. The molecular formula is C28H27Cl2NO. The summed E-state index contributed by atoms with van der Waals surface area (Å²) in [5.74, 6) is 0.789. The number of piperidine rings is 1. The Hall–Kier alpha value is -1.84. The van der Waals surface area contributed by atoms with Crippen LogP contribution in [-0.4, -0.2) is 29.6 Å². The van der Waals surface area contributed by atoms with Crippen LogP contribution in [0.25, 0.3) is 0 Å². The molecule has 1 aliphatic heterocycles. The minimum atomic E-state index is -0.492. The Labute approximate surface area is 199 Å². The molecule has 1 atom stereocenters. The zero-order valence-electron chi connectivity index (χ0n) is 18.0. The molecule has 3 aromatic carbocycles. The Morgan fingerprint density at radius 2 is 1.50 bits per heavy atom. The maximum atomic E-state index is 11.0. The lowest BCUT2D eigenvalue weighted by molar-refractivity contribution is 0.0540. The maximum absolute atomic E-state index is 11.0. The monoisotopic (exact) mass is 463 g/mol. The molecule has 32 heavy (non-hydrogen) atoms. The van der Waals surface area contributed by atoms with Gasteiger partial charge >= 0.3 is 0 Å². The van der Waals surface area contributed by atoms with Crippen LogP contribution in [0.15, 0.2) is 66.7 Å². The van der Waals surface area contributed by atoms with Crippen molar-refractivity contribution in [1.82, 2.24) is 4.90 Å². The van der Waals surface area contributed by atoms with Crippen molar-refractivity contribution in [2.24, 2.45) is 5.92 Å². The predicted octanol–water partition coefficient (Wildman–Crippen LogP) is 6.57. The second kappa shape index (κ2) is 7.88. The van der Waals surface area contributed by atoms with E-state index in [1.165, 1.54) is 28.7 Å². The Morgan fingerprint density at radius 3 is 2.12 bits per heavy atom. The molecule has 2 nitrogen and oxygen atoms in total. The molecule has 6 rings (SSSR count). The molecule has 1 heterocycles. The zero-order chi connectivity index (χ0) is 21.9. The summed E-state index contributed by atoms with van der Waals surface area (Å²) in [5, 5.41) is 12.0. The highest BCUT2D eigenvalue weighted by Gasteiger charge is 2.53. The summed E-state index contributed by atoms with van der Waals surface area (Å²) in [6, 6.07) is 23.6. The fourth-order valence-corrected chi connectivity index (χ4v) is 6.89. The van der Waals surface area contributed by atoms with Crippen molar-refractivity contribution < 1.29 is 5.11 Å². The number of hydrogen-bond acceptors (Lipinski definition) is 2. The van der Waals surface area contributed by atoms with Crippen molar-refractivity contribution in [2.45, 2.75) is 36.7 Å². The minimum Gasteiger partial charge on any atom is -0.388 e. The van der Waals surface area contributed by atoms with E-state index in [-0.39, 0.29) is 11.3 Å². The lowest BCUT2D eigenvalue weighted by Crippen LogP contribution is -2.44. The summed E-state index contributed by atoms with van der Waals surface area (Å²) < 4.78 is 0. The van der Waals surface area contributed by atoms with E-state index in [1.807, 2.05) is 12.1 Å². The second-order valence-corrected chi connectivity index (χ2v) is 10.6. The minimum absolute atomic E-state index is 0.104. The topological polar surface area (TPSA) is 23.5 Å². The van der Waals surface area contributed by atoms with Crippen LogP contribution in [0.2, 0.25) is 10.0 Å². The van der Waals surface area contributed by atoms with Gasteiger partial charge in [0.25, 0.3) is 0 Å². The first-order chi connectivity index (χ1) is 15.6. The molecular weight excluding hydrogens is 437 g/mol. The van der Waals surface area contributed by atoms with Gasteiger partial charge < -0.3 is 10.0 Å². The lowest BCUT2D eigenvalue weighted by atomic mass is 9.74. The van der Waals surface area contributed by atoms with E-state index in [4.69, 9.17) is 23.2 Å². The summed E-state index contributed by atoms with van der Waals surface area (Å²) >= 11 is 12.2. The molecule has 0 radical (unpaired) electrons. The number of rotatable bonds is 4. The van der Waals surface area contributed by atoms with Gasteiger partial charge in [-0.05, 0) is 78.2 Å². The number of aliphatic hydroxyl groups excluding tert-OH is 1. The average Bonchev–Trinajstić information content (AvgIpc) is 3.33. The first kappa shape index (κ1) is 20.7. The van der Waals surface area contributed by atoms with Crippen molar-refractivity contribution in [3.63, 3.8) is 0 Å². The highest BCUT2D eigenvalue weighted by Crippen LogP contribution is 2.60. The molecule has 2 bridgehead atoms. The SMILES string of the molecule is O[C@H](c1ccc(Cl)c(Cl)c1)C1CCN(CC23CC(c4ccccc42)c2ccccc23)CC1. The first-order valence-electron chi connectivity index (χ1n) is 11.6. The molecule has 1 saturated heterocycles. The standard InChI is InChI=1S/C28H27Cl2NO/c29-25-10-9-19(15-26(25)30)27(32)18-11-13-31(14-12-18)17-28-16-22(20-5-1-3-7-23(20)28)21-6-2-4-8-24(21)28/h1-10,15,18,22,27,32H,11-14,16-17H2/t22?,27-,28?/m0/s1. The van der Waals surface area contributed by atoms with Gasteiger partial charge in [0, 0.05) is 17.9 Å². The van der Waals surface area contributed by atoms with Crippen LogP contribution in [0.5, 0.6) is 0 Å². The van der Waals surface area contributed by atoms with Crippen LogP contribution < -0.4 is 0 Å². The Bertz CT molecular complexity index is 1120. The van der Waals surface area contributed by atoms with E-state index < -0.39 is 6.10 Å². The molecule has 3 aromatic rings. The predicted molar refractivity (Wildman–Crippen MR) is 131 cm³/mol. The number of hydrogen-bond donors (Lipinski definition) is 1. The van der Waals surface area contributed by atoms with Crippen LogP contribution in [0.3, 0.4) is 0 Å². The Balaban J connectivity index is 1.21. The van der Waals surface area contributed by atoms with Crippen molar-refractivity contribution >= 4 is 23.2 Å². The summed E-state index contributed by atoms with van der Waals surface area (Å²) in [4.78, 5) is 2.62. The van der Waals surface area contributed by atoms with E-state index in [0.29, 0.717) is 16.0 Å². The largest absolute Gasteiger partial charge is 0.388 e. The molecule has 0 spiro atoms. The van der Waals surface area contributed by atoms with E-state index in [0.717, 1.165) is 38.0 Å². The Kier molecular flexibility index (Phi) is 5.11. The van der Waals surface area contributed by atoms with Crippen molar-refractivity contribution in [3.05, 3.63) is 105 Å². The van der Waals surface area contributed by atoms with Crippen molar-refractivity contribution in [3.8, 4) is 0 Å². The maximum Gasteiger partial charge on any atom is 0.0819 e. The number of benzene rings is 3. The summed E-state index contributed by atoms with van der Waals surface area (Å²) in [6.45, 7) is 3.09. The number of likely N-dealkylation sites (tertiary alicyclic amines) is 1. The van der Waals surface area contributed by atoms with Gasteiger partial charge in [-0.3, -0.25) is 0 Å². The third-order valence-electron chi connectivity index (χ3n) is 8.11. The molecule has 1 N–H and O–H groups in total. The molecule has 0 saturated carbocycles. The zero-order valence-corrected chi connectivity index (χ0v) is 19.5. The number of nitrogens with zero attached hydrogens (tertiary/aromatic N) is 1. The van der Waals surface area contributed by atoms with Gasteiger partial charge in [-0.2, -0.15) is 0 Å². The fourth-order valence-electron chi connectivity index (χ4n) is 6.59. The van der Waals surface area contributed by atoms with Gasteiger partial charge in [0.15, 0.2) is 0 Å². The third kappa shape index (κ3) is 3.15. The average molecular weight is 464 g/mol. The second-order valence-electron chi connectivity index (χ2n) is 9.75. The van der Waals surface area contributed by atoms with Crippen molar-refractivity contribution in [1.29, 1.82) is 0 Å². The number of halogens is 2. The molecule has 1 fully saturated rings. The number of aliphatic hydroxyl groups is 1. The third-order valence-corrected chi connectivity index (χ3v) is 8.85. The fraction of sp³-hybridized carbons (Fsp3) is 0.357. The van der Waals surface area contributed by atoms with Crippen LogP contribution in [-0.2, 0) is 5.41 Å². The molecule has 0 unspecified atom stereocenters. The molecule has 3 aliphatic rings. The van der Waals surface area contributed by atoms with E-state index in [9.17, 15) is 5.11 Å². The van der Waals surface area contributed by atoms with E-state index in [1.54, 1.807) is 6.07 Å². The quantitative estimate of drug-likeness (QED) is 0.472. The lowest BCUT2D eigenvalue weighted by Gasteiger charge is -2.40. The van der Waals surface area contributed by atoms with Crippen LogP contribution in [0.4, 0.5) is 0 Å². The van der Waals surface area contributed by atoms with Crippen LogP contribution in [0, 0.1) is 5.92 Å². The van der Waals surface area contributed by atoms with E-state index >= 15 is 0 Å². The van der Waals surface area contributed by atoms with E-state index in [2.05, 4.69) is 53.4 Å². The first-order valence-corrected chi connectivity index (χ1v) is 12.4. The summed E-state index contributed by atoms with van der Waals surface area (Å²) in [7, 11) is 0. The Morgan fingerprint density at radius 1 is 0.875 bits per heavy atom. The molecule has 0 aromatic heterocycles. The van der Waals surface area contributed by atoms with Crippen LogP contribution >= 0.6 is 23.2 Å². The summed E-state index contributed by atoms with van der Waals surface area (Å²) in [5.41, 5.74) is 7.08. The van der Waals surface area contributed by atoms with Gasteiger partial charge in [0.05, 0.1) is 16.1 Å². The smallest absolute Gasteiger partial charge is 0.0819 e. The van der Waals surface area contributed by atoms with Crippen molar-refractivity contribution in [2.75, 3.05) is 19.6 Å². The van der Waals surface area contributed by atoms with Gasteiger partial charge in [-0.15, -0.1) is 0 Å².